The molecule has 0 aromatic heterocycles. The third kappa shape index (κ3) is 3.10. The van der Waals surface area contributed by atoms with Crippen molar-refractivity contribution in [2.24, 2.45) is 5.92 Å². The molecule has 1 saturated heterocycles. The molecule has 2 atom stereocenters. The van der Waals surface area contributed by atoms with E-state index in [1.165, 1.54) is 0 Å². The molecule has 0 spiro atoms. The zero-order valence-electron chi connectivity index (χ0n) is 11.6. The molecular weight excluding hydrogens is 256 g/mol. The Morgan fingerprint density at radius 3 is 2.80 bits per heavy atom. The summed E-state index contributed by atoms with van der Waals surface area (Å²) in [6, 6.07) is 7.26. The minimum absolute atomic E-state index is 0.0173. The fourth-order valence-corrected chi connectivity index (χ4v) is 2.77. The summed E-state index contributed by atoms with van der Waals surface area (Å²) in [7, 11) is 0. The van der Waals surface area contributed by atoms with E-state index in [1.54, 1.807) is 4.90 Å². The first-order chi connectivity index (χ1) is 9.49. The Labute approximate surface area is 118 Å². The number of nitrogens with two attached hydrogens (primary N) is 1. The molecule has 2 unspecified atom stereocenters. The number of aryl methyl sites for hydroxylation is 1. The lowest BCUT2D eigenvalue weighted by Gasteiger charge is -2.23. The van der Waals surface area contributed by atoms with E-state index >= 15 is 0 Å². The van der Waals surface area contributed by atoms with Gasteiger partial charge in [-0.1, -0.05) is 12.1 Å². The second-order valence-corrected chi connectivity index (χ2v) is 5.31. The van der Waals surface area contributed by atoms with Gasteiger partial charge in [0.1, 0.15) is 0 Å². The molecule has 0 aliphatic carbocycles. The fraction of sp³-hybridized carbons (Fsp3) is 0.467. The summed E-state index contributed by atoms with van der Waals surface area (Å²) in [6.45, 7) is 2.35. The van der Waals surface area contributed by atoms with Crippen molar-refractivity contribution in [3.63, 3.8) is 0 Å². The first kappa shape index (κ1) is 14.4. The van der Waals surface area contributed by atoms with Crippen molar-refractivity contribution in [1.82, 2.24) is 4.90 Å². The second-order valence-electron chi connectivity index (χ2n) is 5.31. The number of carbonyl (C=O) groups excluding carboxylic acids is 1. The highest BCUT2D eigenvalue weighted by molar-refractivity contribution is 5.79. The first-order valence-electron chi connectivity index (χ1n) is 6.85. The van der Waals surface area contributed by atoms with E-state index in [2.05, 4.69) is 0 Å². The normalized spacial score (nSPS) is 21.9. The van der Waals surface area contributed by atoms with Crippen molar-refractivity contribution in [2.45, 2.75) is 32.2 Å². The smallest absolute Gasteiger partial charge is 0.308 e. The number of rotatable bonds is 4. The quantitative estimate of drug-likeness (QED) is 0.817. The second kappa shape index (κ2) is 5.94. The van der Waals surface area contributed by atoms with Crippen LogP contribution >= 0.6 is 0 Å². The topological polar surface area (TPSA) is 83.6 Å². The molecule has 0 saturated carbocycles. The third-order valence-electron chi connectivity index (χ3n) is 3.97. The number of hydrogen-bond acceptors (Lipinski definition) is 3. The highest BCUT2D eigenvalue weighted by Gasteiger charge is 2.37. The SMILES string of the molecule is CC1C(C(=O)O)CCN1C(=O)CCc1cccc(N)c1. The van der Waals surface area contributed by atoms with Crippen LogP contribution in [-0.4, -0.2) is 34.5 Å². The van der Waals surface area contributed by atoms with Gasteiger partial charge in [-0.25, -0.2) is 0 Å². The standard InChI is InChI=1S/C15H20N2O3/c1-10-13(15(19)20)7-8-17(10)14(18)6-5-11-3-2-4-12(16)9-11/h2-4,9-10,13H,5-8,16H2,1H3,(H,19,20). The molecule has 0 radical (unpaired) electrons. The lowest BCUT2D eigenvalue weighted by molar-refractivity contribution is -0.143. The van der Waals surface area contributed by atoms with Gasteiger partial charge in [0.15, 0.2) is 0 Å². The van der Waals surface area contributed by atoms with Gasteiger partial charge in [-0.15, -0.1) is 0 Å². The van der Waals surface area contributed by atoms with Gasteiger partial charge in [0.2, 0.25) is 5.91 Å². The van der Waals surface area contributed by atoms with Crippen LogP contribution in [0.5, 0.6) is 0 Å². The van der Waals surface area contributed by atoms with E-state index in [9.17, 15) is 9.59 Å². The van der Waals surface area contributed by atoms with Crippen LogP contribution in [0.3, 0.4) is 0 Å². The van der Waals surface area contributed by atoms with E-state index < -0.39 is 11.9 Å². The highest BCUT2D eigenvalue weighted by atomic mass is 16.4. The minimum atomic E-state index is -0.816. The number of nitrogens with zero attached hydrogens (tertiary/aromatic N) is 1. The number of aliphatic carboxylic acids is 1. The molecule has 1 aliphatic rings. The van der Waals surface area contributed by atoms with Gasteiger partial charge in [0.05, 0.1) is 5.92 Å². The molecule has 1 fully saturated rings. The van der Waals surface area contributed by atoms with Crippen LogP contribution < -0.4 is 5.73 Å². The van der Waals surface area contributed by atoms with Gasteiger partial charge < -0.3 is 15.7 Å². The van der Waals surface area contributed by atoms with Gasteiger partial charge in [0, 0.05) is 24.7 Å². The zero-order chi connectivity index (χ0) is 14.7. The molecule has 108 valence electrons. The summed E-state index contributed by atoms with van der Waals surface area (Å²) in [5.41, 5.74) is 7.42. The van der Waals surface area contributed by atoms with Crippen LogP contribution in [0.15, 0.2) is 24.3 Å². The highest BCUT2D eigenvalue weighted by Crippen LogP contribution is 2.25. The molecule has 1 aromatic rings. The average molecular weight is 276 g/mol. The number of amides is 1. The summed E-state index contributed by atoms with van der Waals surface area (Å²) in [6.07, 6.45) is 1.56. The summed E-state index contributed by atoms with van der Waals surface area (Å²) >= 11 is 0. The minimum Gasteiger partial charge on any atom is -0.481 e. The number of benzene rings is 1. The number of likely N-dealkylation sites (tertiary alicyclic amines) is 1. The van der Waals surface area contributed by atoms with E-state index in [0.717, 1.165) is 5.56 Å². The van der Waals surface area contributed by atoms with Crippen LogP contribution in [0.4, 0.5) is 5.69 Å². The maximum atomic E-state index is 12.2. The Hall–Kier alpha value is -2.04. The maximum absolute atomic E-state index is 12.2. The number of carboxylic acid groups (broad SMARTS) is 1. The van der Waals surface area contributed by atoms with Gasteiger partial charge in [0.25, 0.3) is 0 Å². The van der Waals surface area contributed by atoms with Gasteiger partial charge in [-0.05, 0) is 37.5 Å². The van der Waals surface area contributed by atoms with Crippen LogP contribution in [0.2, 0.25) is 0 Å². The van der Waals surface area contributed by atoms with Crippen molar-refractivity contribution < 1.29 is 14.7 Å². The van der Waals surface area contributed by atoms with Gasteiger partial charge in [-0.3, -0.25) is 9.59 Å². The molecule has 0 bridgehead atoms. The molecular formula is C15H20N2O3. The van der Waals surface area contributed by atoms with E-state index in [0.29, 0.717) is 31.5 Å². The average Bonchev–Trinajstić information content (AvgIpc) is 2.78. The Morgan fingerprint density at radius 2 is 2.20 bits per heavy atom. The predicted octanol–water partition coefficient (Wildman–Crippen LogP) is 1.52. The van der Waals surface area contributed by atoms with Crippen LogP contribution in [0, 0.1) is 5.92 Å². The number of anilines is 1. The molecule has 20 heavy (non-hydrogen) atoms. The van der Waals surface area contributed by atoms with Crippen LogP contribution in [-0.2, 0) is 16.0 Å². The monoisotopic (exact) mass is 276 g/mol. The van der Waals surface area contributed by atoms with Crippen molar-refractivity contribution in [3.8, 4) is 0 Å². The summed E-state index contributed by atoms with van der Waals surface area (Å²) in [5.74, 6) is -1.24. The molecule has 2 rings (SSSR count). The molecule has 1 aromatic carbocycles. The molecule has 1 aliphatic heterocycles. The molecule has 3 N–H and O–H groups in total. The fourth-order valence-electron chi connectivity index (χ4n) is 2.77. The van der Waals surface area contributed by atoms with E-state index in [-0.39, 0.29) is 11.9 Å². The number of nitrogen functional groups attached to an aromatic ring is 1. The Bertz CT molecular complexity index is 516. The van der Waals surface area contributed by atoms with E-state index in [1.807, 2.05) is 31.2 Å². The summed E-state index contributed by atoms with van der Waals surface area (Å²) in [4.78, 5) is 24.9. The first-order valence-corrected chi connectivity index (χ1v) is 6.85. The van der Waals surface area contributed by atoms with Gasteiger partial charge >= 0.3 is 5.97 Å². The number of carboxylic acids is 1. The summed E-state index contributed by atoms with van der Waals surface area (Å²) in [5, 5.41) is 9.07. The van der Waals surface area contributed by atoms with Crippen LogP contribution in [0.1, 0.15) is 25.3 Å². The van der Waals surface area contributed by atoms with Crippen molar-refractivity contribution in [2.75, 3.05) is 12.3 Å². The molecule has 1 amide bonds. The van der Waals surface area contributed by atoms with Gasteiger partial charge in [-0.2, -0.15) is 0 Å². The molecule has 1 heterocycles. The lowest BCUT2D eigenvalue weighted by Crippen LogP contribution is -2.37. The number of hydrogen-bond donors (Lipinski definition) is 2. The lowest BCUT2D eigenvalue weighted by atomic mass is 10.0. The molecule has 5 nitrogen and oxygen atoms in total. The molecule has 5 heteroatoms. The van der Waals surface area contributed by atoms with Crippen molar-refractivity contribution >= 4 is 17.6 Å². The Kier molecular flexibility index (Phi) is 4.27. The predicted molar refractivity (Wildman–Crippen MR) is 76.1 cm³/mol. The zero-order valence-corrected chi connectivity index (χ0v) is 11.6. The Morgan fingerprint density at radius 1 is 1.45 bits per heavy atom. The van der Waals surface area contributed by atoms with E-state index in [4.69, 9.17) is 10.8 Å². The van der Waals surface area contributed by atoms with Crippen molar-refractivity contribution in [1.29, 1.82) is 0 Å². The maximum Gasteiger partial charge on any atom is 0.308 e. The number of carbonyl (C=O) groups is 2. The third-order valence-corrected chi connectivity index (χ3v) is 3.97. The summed E-state index contributed by atoms with van der Waals surface area (Å²) < 4.78 is 0. The largest absolute Gasteiger partial charge is 0.481 e. The Balaban J connectivity index is 1.91. The van der Waals surface area contributed by atoms with Crippen LogP contribution in [0.25, 0.3) is 0 Å². The van der Waals surface area contributed by atoms with Crippen molar-refractivity contribution in [3.05, 3.63) is 29.8 Å².